The van der Waals surface area contributed by atoms with Crippen LogP contribution in [0.4, 0.5) is 0 Å². The van der Waals surface area contributed by atoms with Gasteiger partial charge in [-0.15, -0.1) is 12.4 Å². The highest BCUT2D eigenvalue weighted by Crippen LogP contribution is 2.23. The molecule has 1 aliphatic heterocycles. The van der Waals surface area contributed by atoms with Crippen molar-refractivity contribution in [3.63, 3.8) is 0 Å². The minimum Gasteiger partial charge on any atom is -0.342 e. The van der Waals surface area contributed by atoms with Crippen LogP contribution >= 0.6 is 12.4 Å². The van der Waals surface area contributed by atoms with E-state index in [1.807, 2.05) is 7.05 Å². The number of carbonyl (C=O) groups is 1. The van der Waals surface area contributed by atoms with Crippen molar-refractivity contribution >= 4 is 18.3 Å². The number of amides is 1. The lowest BCUT2D eigenvalue weighted by Gasteiger charge is -2.33. The predicted octanol–water partition coefficient (Wildman–Crippen LogP) is 2.69. The molecule has 1 amide bonds. The summed E-state index contributed by atoms with van der Waals surface area (Å²) in [6.07, 6.45) is 4.10. The van der Waals surface area contributed by atoms with Gasteiger partial charge < -0.3 is 10.2 Å². The van der Waals surface area contributed by atoms with E-state index in [2.05, 4.69) is 31.0 Å². The number of rotatable bonds is 4. The Bertz CT molecular complexity index is 249. The van der Waals surface area contributed by atoms with E-state index in [0.717, 1.165) is 32.5 Å². The second-order valence-electron chi connectivity index (χ2n) is 6.47. The van der Waals surface area contributed by atoms with E-state index in [1.165, 1.54) is 6.42 Å². The van der Waals surface area contributed by atoms with Gasteiger partial charge in [-0.1, -0.05) is 20.8 Å². The molecule has 0 saturated carbocycles. The molecule has 0 aromatic rings. The van der Waals surface area contributed by atoms with Crippen LogP contribution in [-0.2, 0) is 4.79 Å². The molecule has 1 unspecified atom stereocenters. The minimum atomic E-state index is 0. The molecule has 0 aromatic heterocycles. The monoisotopic (exact) mass is 276 g/mol. The van der Waals surface area contributed by atoms with Gasteiger partial charge in [0.15, 0.2) is 0 Å². The fourth-order valence-corrected chi connectivity index (χ4v) is 2.39. The second kappa shape index (κ2) is 8.00. The third-order valence-corrected chi connectivity index (χ3v) is 3.45. The van der Waals surface area contributed by atoms with Crippen molar-refractivity contribution in [2.24, 2.45) is 11.3 Å². The van der Waals surface area contributed by atoms with Crippen LogP contribution in [0.1, 0.15) is 46.5 Å². The van der Waals surface area contributed by atoms with Crippen molar-refractivity contribution in [2.75, 3.05) is 26.7 Å². The Morgan fingerprint density at radius 3 is 2.61 bits per heavy atom. The number of halogens is 1. The van der Waals surface area contributed by atoms with Gasteiger partial charge in [0.05, 0.1) is 0 Å². The highest BCUT2D eigenvalue weighted by molar-refractivity contribution is 5.85. The molecule has 1 fully saturated rings. The number of carbonyl (C=O) groups excluding carboxylic acids is 1. The lowest BCUT2D eigenvalue weighted by atomic mass is 9.90. The topological polar surface area (TPSA) is 32.3 Å². The van der Waals surface area contributed by atoms with E-state index in [-0.39, 0.29) is 17.8 Å². The van der Waals surface area contributed by atoms with Crippen molar-refractivity contribution in [1.82, 2.24) is 10.2 Å². The van der Waals surface area contributed by atoms with Gasteiger partial charge in [0.25, 0.3) is 0 Å². The first-order valence-electron chi connectivity index (χ1n) is 6.85. The van der Waals surface area contributed by atoms with E-state index < -0.39 is 0 Å². The summed E-state index contributed by atoms with van der Waals surface area (Å²) in [6, 6.07) is 0. The summed E-state index contributed by atoms with van der Waals surface area (Å²) in [5.41, 5.74) is 0.260. The SMILES string of the molecule is CNCC1CCCN(C(=O)CCC(C)(C)C)C1.Cl. The van der Waals surface area contributed by atoms with Gasteiger partial charge in [0, 0.05) is 19.5 Å². The zero-order valence-corrected chi connectivity index (χ0v) is 13.1. The Labute approximate surface area is 118 Å². The number of piperidine rings is 1. The number of nitrogens with zero attached hydrogens (tertiary/aromatic N) is 1. The third kappa shape index (κ3) is 6.60. The molecule has 0 spiro atoms. The lowest BCUT2D eigenvalue weighted by molar-refractivity contribution is -0.133. The molecule has 1 aliphatic rings. The van der Waals surface area contributed by atoms with Crippen LogP contribution in [0.25, 0.3) is 0 Å². The molecular formula is C14H29ClN2O. The van der Waals surface area contributed by atoms with Crippen LogP contribution in [0.15, 0.2) is 0 Å². The fraction of sp³-hybridized carbons (Fsp3) is 0.929. The number of hydrogen-bond donors (Lipinski definition) is 1. The maximum absolute atomic E-state index is 12.1. The van der Waals surface area contributed by atoms with E-state index in [1.54, 1.807) is 0 Å². The zero-order valence-electron chi connectivity index (χ0n) is 12.3. The molecule has 18 heavy (non-hydrogen) atoms. The molecule has 1 atom stereocenters. The highest BCUT2D eigenvalue weighted by Gasteiger charge is 2.24. The first kappa shape index (κ1) is 17.7. The molecule has 0 aliphatic carbocycles. The molecule has 1 saturated heterocycles. The van der Waals surface area contributed by atoms with Crippen molar-refractivity contribution < 1.29 is 4.79 Å². The molecule has 4 heteroatoms. The van der Waals surface area contributed by atoms with E-state index in [4.69, 9.17) is 0 Å². The Morgan fingerprint density at radius 2 is 2.06 bits per heavy atom. The Balaban J connectivity index is 0.00000289. The summed E-state index contributed by atoms with van der Waals surface area (Å²) < 4.78 is 0. The number of likely N-dealkylation sites (tertiary alicyclic amines) is 1. The summed E-state index contributed by atoms with van der Waals surface area (Å²) in [5.74, 6) is 0.994. The summed E-state index contributed by atoms with van der Waals surface area (Å²) in [4.78, 5) is 14.2. The largest absolute Gasteiger partial charge is 0.342 e. The van der Waals surface area contributed by atoms with Crippen LogP contribution in [0.3, 0.4) is 0 Å². The van der Waals surface area contributed by atoms with Crippen molar-refractivity contribution in [3.05, 3.63) is 0 Å². The molecule has 3 nitrogen and oxygen atoms in total. The first-order chi connectivity index (χ1) is 7.92. The van der Waals surface area contributed by atoms with Gasteiger partial charge in [-0.25, -0.2) is 0 Å². The van der Waals surface area contributed by atoms with Crippen LogP contribution in [0.2, 0.25) is 0 Å². The maximum atomic E-state index is 12.1. The number of nitrogens with one attached hydrogen (secondary N) is 1. The average molecular weight is 277 g/mol. The predicted molar refractivity (Wildman–Crippen MR) is 79.2 cm³/mol. The van der Waals surface area contributed by atoms with Gasteiger partial charge in [0.2, 0.25) is 5.91 Å². The second-order valence-corrected chi connectivity index (χ2v) is 6.47. The van der Waals surface area contributed by atoms with E-state index in [9.17, 15) is 4.79 Å². The minimum absolute atomic E-state index is 0. The maximum Gasteiger partial charge on any atom is 0.222 e. The molecular weight excluding hydrogens is 248 g/mol. The van der Waals surface area contributed by atoms with Crippen molar-refractivity contribution in [2.45, 2.75) is 46.5 Å². The molecule has 1 N–H and O–H groups in total. The van der Waals surface area contributed by atoms with Crippen molar-refractivity contribution in [3.8, 4) is 0 Å². The normalized spacial score (nSPS) is 20.4. The zero-order chi connectivity index (χ0) is 12.9. The van der Waals surface area contributed by atoms with Gasteiger partial charge in [-0.05, 0) is 44.2 Å². The molecule has 108 valence electrons. The highest BCUT2D eigenvalue weighted by atomic mass is 35.5. The smallest absolute Gasteiger partial charge is 0.222 e. The molecule has 0 aromatic carbocycles. The summed E-state index contributed by atoms with van der Waals surface area (Å²) in [6.45, 7) is 9.52. The van der Waals surface area contributed by atoms with Gasteiger partial charge in [0.1, 0.15) is 0 Å². The molecule has 1 heterocycles. The fourth-order valence-electron chi connectivity index (χ4n) is 2.39. The van der Waals surface area contributed by atoms with Crippen LogP contribution in [0, 0.1) is 11.3 Å². The van der Waals surface area contributed by atoms with Crippen molar-refractivity contribution in [1.29, 1.82) is 0 Å². The Kier molecular flexibility index (Phi) is 7.88. The van der Waals surface area contributed by atoms with Gasteiger partial charge in [-0.2, -0.15) is 0 Å². The summed E-state index contributed by atoms with van der Waals surface area (Å²) in [7, 11) is 1.99. The summed E-state index contributed by atoms with van der Waals surface area (Å²) >= 11 is 0. The molecule has 1 rings (SSSR count). The number of hydrogen-bond acceptors (Lipinski definition) is 2. The summed E-state index contributed by atoms with van der Waals surface area (Å²) in [5, 5.41) is 3.22. The van der Waals surface area contributed by atoms with Crippen LogP contribution < -0.4 is 5.32 Å². The average Bonchev–Trinajstić information content (AvgIpc) is 2.26. The van der Waals surface area contributed by atoms with E-state index >= 15 is 0 Å². The molecule has 0 bridgehead atoms. The molecule has 0 radical (unpaired) electrons. The van der Waals surface area contributed by atoms with Crippen LogP contribution in [-0.4, -0.2) is 37.5 Å². The third-order valence-electron chi connectivity index (χ3n) is 3.45. The standard InChI is InChI=1S/C14H28N2O.ClH/c1-14(2,3)8-7-13(17)16-9-5-6-12(11-16)10-15-4;/h12,15H,5-11H2,1-4H3;1H. The lowest BCUT2D eigenvalue weighted by Crippen LogP contribution is -2.42. The van der Waals surface area contributed by atoms with Gasteiger partial charge >= 0.3 is 0 Å². The van der Waals surface area contributed by atoms with Gasteiger partial charge in [-0.3, -0.25) is 4.79 Å². The van der Waals surface area contributed by atoms with E-state index in [0.29, 0.717) is 18.2 Å². The Hall–Kier alpha value is -0.280. The quantitative estimate of drug-likeness (QED) is 0.856. The van der Waals surface area contributed by atoms with Crippen LogP contribution in [0.5, 0.6) is 0 Å². The first-order valence-corrected chi connectivity index (χ1v) is 6.85. The Morgan fingerprint density at radius 1 is 1.39 bits per heavy atom.